The van der Waals surface area contributed by atoms with Gasteiger partial charge in [-0.3, -0.25) is 9.59 Å². The van der Waals surface area contributed by atoms with Crippen LogP contribution in [0.1, 0.15) is 19.4 Å². The van der Waals surface area contributed by atoms with Gasteiger partial charge in [0.2, 0.25) is 6.29 Å². The molecule has 0 bridgehead atoms. The summed E-state index contributed by atoms with van der Waals surface area (Å²) < 4.78 is 5.00. The highest BCUT2D eigenvalue weighted by Gasteiger charge is 2.38. The zero-order valence-electron chi connectivity index (χ0n) is 11.0. The van der Waals surface area contributed by atoms with Gasteiger partial charge in [0, 0.05) is 0 Å². The molecule has 2 aromatic rings. The molecule has 0 fully saturated rings. The van der Waals surface area contributed by atoms with Crippen molar-refractivity contribution in [3.05, 3.63) is 48.0 Å². The minimum atomic E-state index is -1.39. The smallest absolute Gasteiger partial charge is 0.324 e. The van der Waals surface area contributed by atoms with Gasteiger partial charge >= 0.3 is 5.97 Å². The van der Waals surface area contributed by atoms with E-state index in [1.54, 1.807) is 19.9 Å². The third kappa shape index (κ3) is 2.24. The van der Waals surface area contributed by atoms with Crippen LogP contribution in [0.15, 0.2) is 42.5 Å². The van der Waals surface area contributed by atoms with E-state index in [0.29, 0.717) is 5.56 Å². The van der Waals surface area contributed by atoms with Crippen LogP contribution in [0.2, 0.25) is 0 Å². The van der Waals surface area contributed by atoms with Crippen molar-refractivity contribution in [1.29, 1.82) is 0 Å². The maximum Gasteiger partial charge on any atom is 0.324 e. The molecule has 19 heavy (non-hydrogen) atoms. The van der Waals surface area contributed by atoms with E-state index in [1.165, 1.54) is 0 Å². The van der Waals surface area contributed by atoms with Gasteiger partial charge in [-0.25, -0.2) is 0 Å². The molecule has 0 aromatic heterocycles. The predicted octanol–water partition coefficient (Wildman–Crippen LogP) is 2.77. The van der Waals surface area contributed by atoms with E-state index in [4.69, 9.17) is 4.74 Å². The molecule has 0 saturated carbocycles. The molecule has 1 unspecified atom stereocenters. The maximum absolute atomic E-state index is 12.1. The van der Waals surface area contributed by atoms with Gasteiger partial charge < -0.3 is 4.74 Å². The first-order valence-electron chi connectivity index (χ1n) is 6.18. The number of carbonyl (C=O) groups excluding carboxylic acids is 2. The number of fused-ring (bicyclic) bond motifs is 1. The van der Waals surface area contributed by atoms with Crippen LogP contribution in [0.3, 0.4) is 0 Å². The number of esters is 1. The normalized spacial score (nSPS) is 13.8. The van der Waals surface area contributed by atoms with Gasteiger partial charge in [0.25, 0.3) is 0 Å². The van der Waals surface area contributed by atoms with Gasteiger partial charge in [-0.2, -0.15) is 0 Å². The second kappa shape index (κ2) is 5.22. The summed E-state index contributed by atoms with van der Waals surface area (Å²) in [5.74, 6) is -0.568. The Hall–Kier alpha value is -2.16. The Morgan fingerprint density at radius 2 is 1.89 bits per heavy atom. The second-order valence-electron chi connectivity index (χ2n) is 4.47. The van der Waals surface area contributed by atoms with Gasteiger partial charge in [-0.1, -0.05) is 42.5 Å². The van der Waals surface area contributed by atoms with E-state index < -0.39 is 11.4 Å². The highest BCUT2D eigenvalue weighted by atomic mass is 16.5. The standard InChI is InChI=1S/C16H15O3/c1-3-19-15(18)16(2,11-17)14-10-6-8-12-7-4-5-9-13(12)14/h4-10H,3H2,1-2H3. The van der Waals surface area contributed by atoms with E-state index in [9.17, 15) is 9.59 Å². The molecule has 0 heterocycles. The van der Waals surface area contributed by atoms with Crippen LogP contribution in [-0.4, -0.2) is 18.9 Å². The molecular formula is C16H15O3. The topological polar surface area (TPSA) is 43.4 Å². The molecule has 0 aliphatic heterocycles. The van der Waals surface area contributed by atoms with Crippen LogP contribution in [0.25, 0.3) is 10.8 Å². The zero-order valence-corrected chi connectivity index (χ0v) is 11.0. The lowest BCUT2D eigenvalue weighted by Crippen LogP contribution is -2.36. The van der Waals surface area contributed by atoms with Crippen LogP contribution < -0.4 is 0 Å². The molecule has 1 atom stereocenters. The van der Waals surface area contributed by atoms with Crippen molar-refractivity contribution in [2.75, 3.05) is 6.61 Å². The summed E-state index contributed by atoms with van der Waals surface area (Å²) >= 11 is 0. The highest BCUT2D eigenvalue weighted by Crippen LogP contribution is 2.30. The predicted molar refractivity (Wildman–Crippen MR) is 73.6 cm³/mol. The number of hydrogen-bond donors (Lipinski definition) is 0. The highest BCUT2D eigenvalue weighted by molar-refractivity contribution is 6.04. The Kier molecular flexibility index (Phi) is 3.65. The lowest BCUT2D eigenvalue weighted by atomic mass is 9.81. The molecule has 3 nitrogen and oxygen atoms in total. The van der Waals surface area contributed by atoms with Gasteiger partial charge in [0.05, 0.1) is 6.61 Å². The van der Waals surface area contributed by atoms with Crippen LogP contribution in [0, 0.1) is 0 Å². The largest absolute Gasteiger partial charge is 0.465 e. The molecule has 1 radical (unpaired) electrons. The molecule has 3 heteroatoms. The molecule has 0 amide bonds. The summed E-state index contributed by atoms with van der Waals surface area (Å²) in [6.07, 6.45) is 1.85. The molecule has 2 aromatic carbocycles. The molecule has 2 rings (SSSR count). The molecule has 0 aliphatic carbocycles. The third-order valence-electron chi connectivity index (χ3n) is 3.22. The van der Waals surface area contributed by atoms with Crippen molar-refractivity contribution >= 4 is 23.0 Å². The Balaban J connectivity index is 2.64. The van der Waals surface area contributed by atoms with Crippen molar-refractivity contribution in [2.45, 2.75) is 19.3 Å². The molecule has 0 saturated heterocycles. The number of ether oxygens (including phenoxy) is 1. The maximum atomic E-state index is 12.1. The SMILES string of the molecule is CCOC(=O)C(C)([C]=O)c1cccc2ccccc12. The Labute approximate surface area is 112 Å². The fourth-order valence-electron chi connectivity index (χ4n) is 2.14. The summed E-state index contributed by atoms with van der Waals surface area (Å²) in [5, 5.41) is 1.84. The number of hydrogen-bond acceptors (Lipinski definition) is 3. The lowest BCUT2D eigenvalue weighted by Gasteiger charge is -2.22. The first-order chi connectivity index (χ1) is 9.13. The van der Waals surface area contributed by atoms with Gasteiger partial charge in [0.15, 0.2) is 5.41 Å². The van der Waals surface area contributed by atoms with E-state index in [-0.39, 0.29) is 6.61 Å². The summed E-state index contributed by atoms with van der Waals surface area (Å²) in [5.41, 5.74) is -0.768. The number of benzene rings is 2. The van der Waals surface area contributed by atoms with Gasteiger partial charge in [-0.15, -0.1) is 0 Å². The minimum Gasteiger partial charge on any atom is -0.465 e. The van der Waals surface area contributed by atoms with Crippen LogP contribution in [-0.2, 0) is 19.7 Å². The van der Waals surface area contributed by atoms with Crippen LogP contribution >= 0.6 is 0 Å². The quantitative estimate of drug-likeness (QED) is 0.623. The minimum absolute atomic E-state index is 0.237. The summed E-state index contributed by atoms with van der Waals surface area (Å²) in [4.78, 5) is 23.4. The Morgan fingerprint density at radius 1 is 1.21 bits per heavy atom. The summed E-state index contributed by atoms with van der Waals surface area (Å²) in [6.45, 7) is 3.49. The van der Waals surface area contributed by atoms with Gasteiger partial charge in [0.1, 0.15) is 0 Å². The van der Waals surface area contributed by atoms with Gasteiger partial charge in [-0.05, 0) is 30.2 Å². The number of rotatable bonds is 4. The van der Waals surface area contributed by atoms with Crippen molar-refractivity contribution in [1.82, 2.24) is 0 Å². The lowest BCUT2D eigenvalue weighted by molar-refractivity contribution is -0.146. The van der Waals surface area contributed by atoms with E-state index >= 15 is 0 Å². The monoisotopic (exact) mass is 255 g/mol. The van der Waals surface area contributed by atoms with E-state index in [1.807, 2.05) is 42.7 Å². The van der Waals surface area contributed by atoms with Crippen LogP contribution in [0.5, 0.6) is 0 Å². The molecule has 97 valence electrons. The summed E-state index contributed by atoms with van der Waals surface area (Å²) in [6, 6.07) is 13.2. The second-order valence-corrected chi connectivity index (χ2v) is 4.47. The average molecular weight is 255 g/mol. The Morgan fingerprint density at radius 3 is 2.58 bits per heavy atom. The fraction of sp³-hybridized carbons (Fsp3) is 0.250. The average Bonchev–Trinajstić information content (AvgIpc) is 2.46. The molecule has 0 spiro atoms. The third-order valence-corrected chi connectivity index (χ3v) is 3.22. The van der Waals surface area contributed by atoms with Crippen molar-refractivity contribution in [3.8, 4) is 0 Å². The number of carbonyl (C=O) groups is 1. The first-order valence-corrected chi connectivity index (χ1v) is 6.18. The van der Waals surface area contributed by atoms with E-state index in [0.717, 1.165) is 10.8 Å². The zero-order chi connectivity index (χ0) is 13.9. The van der Waals surface area contributed by atoms with E-state index in [2.05, 4.69) is 0 Å². The van der Waals surface area contributed by atoms with Crippen LogP contribution in [0.4, 0.5) is 0 Å². The molecular weight excluding hydrogens is 240 g/mol. The molecule has 0 aliphatic rings. The van der Waals surface area contributed by atoms with Crippen molar-refractivity contribution < 1.29 is 14.3 Å². The van der Waals surface area contributed by atoms with Crippen molar-refractivity contribution in [2.24, 2.45) is 0 Å². The fourth-order valence-corrected chi connectivity index (χ4v) is 2.14. The summed E-state index contributed by atoms with van der Waals surface area (Å²) in [7, 11) is 0. The van der Waals surface area contributed by atoms with Crippen molar-refractivity contribution in [3.63, 3.8) is 0 Å². The first kappa shape index (κ1) is 13.3. The molecule has 0 N–H and O–H groups in total. The Bertz CT molecular complexity index is 613.